The Morgan fingerprint density at radius 2 is 1.59 bits per heavy atom. The summed E-state index contributed by atoms with van der Waals surface area (Å²) >= 11 is 0. The summed E-state index contributed by atoms with van der Waals surface area (Å²) in [4.78, 5) is 39.2. The molecule has 0 aromatic carbocycles. The summed E-state index contributed by atoms with van der Waals surface area (Å²) in [6, 6.07) is -1.13. The lowest BCUT2D eigenvalue weighted by molar-refractivity contribution is -0.139. The second-order valence-electron chi connectivity index (χ2n) is 9.70. The average molecular weight is 413 g/mol. The molecule has 0 aliphatic rings. The fourth-order valence-electron chi connectivity index (χ4n) is 2.75. The number of esters is 1. The SMILES string of the molecule is CCOC(=O)C(C)=CC(C(C)C)N(C)C(=O)C(NC(=O)OC(C)(C)C)C(C)(C)C. The van der Waals surface area contributed by atoms with Crippen molar-refractivity contribution in [1.29, 1.82) is 0 Å². The molecule has 2 atom stereocenters. The third-order valence-electron chi connectivity index (χ3n) is 4.27. The molecule has 2 unspecified atom stereocenters. The maximum absolute atomic E-state index is 13.3. The lowest BCUT2D eigenvalue weighted by atomic mass is 9.85. The van der Waals surface area contributed by atoms with Crippen molar-refractivity contribution in [3.63, 3.8) is 0 Å². The number of carbonyl (C=O) groups is 3. The molecule has 0 aliphatic heterocycles. The molecule has 7 heteroatoms. The van der Waals surface area contributed by atoms with Gasteiger partial charge in [-0.25, -0.2) is 9.59 Å². The summed E-state index contributed by atoms with van der Waals surface area (Å²) in [5.41, 5.74) is -0.761. The number of hydrogen-bond donors (Lipinski definition) is 1. The van der Waals surface area contributed by atoms with E-state index in [9.17, 15) is 14.4 Å². The van der Waals surface area contributed by atoms with Crippen LogP contribution in [0.5, 0.6) is 0 Å². The number of rotatable bonds is 7. The molecule has 168 valence electrons. The van der Waals surface area contributed by atoms with Gasteiger partial charge in [0, 0.05) is 12.6 Å². The fourth-order valence-corrected chi connectivity index (χ4v) is 2.75. The van der Waals surface area contributed by atoms with Crippen molar-refractivity contribution in [2.45, 2.75) is 86.9 Å². The van der Waals surface area contributed by atoms with Crippen molar-refractivity contribution in [3.05, 3.63) is 11.6 Å². The van der Waals surface area contributed by atoms with E-state index in [1.807, 2.05) is 34.6 Å². The highest BCUT2D eigenvalue weighted by atomic mass is 16.6. The molecule has 7 nitrogen and oxygen atoms in total. The van der Waals surface area contributed by atoms with E-state index in [-0.39, 0.29) is 24.5 Å². The molecule has 0 heterocycles. The summed E-state index contributed by atoms with van der Waals surface area (Å²) in [6.07, 6.45) is 1.10. The van der Waals surface area contributed by atoms with E-state index < -0.39 is 29.1 Å². The van der Waals surface area contributed by atoms with Gasteiger partial charge in [0.05, 0.1) is 12.6 Å². The minimum atomic E-state index is -0.792. The number of hydrogen-bond acceptors (Lipinski definition) is 5. The molecule has 29 heavy (non-hydrogen) atoms. The van der Waals surface area contributed by atoms with E-state index in [0.717, 1.165) is 0 Å². The highest BCUT2D eigenvalue weighted by Crippen LogP contribution is 2.24. The average Bonchev–Trinajstić information content (AvgIpc) is 2.53. The van der Waals surface area contributed by atoms with Crippen LogP contribution in [0.1, 0.15) is 69.2 Å². The van der Waals surface area contributed by atoms with Crippen molar-refractivity contribution >= 4 is 18.0 Å². The predicted octanol–water partition coefficient (Wildman–Crippen LogP) is 3.92. The van der Waals surface area contributed by atoms with Crippen LogP contribution in [0.4, 0.5) is 4.79 Å². The molecule has 0 spiro atoms. The number of nitrogens with one attached hydrogen (secondary N) is 1. The number of ether oxygens (including phenoxy) is 2. The Labute approximate surface area is 176 Å². The molecule has 0 radical (unpaired) electrons. The number of likely N-dealkylation sites (N-methyl/N-ethyl adjacent to an activating group) is 1. The van der Waals surface area contributed by atoms with Gasteiger partial charge in [-0.15, -0.1) is 0 Å². The molecule has 0 aliphatic carbocycles. The second-order valence-corrected chi connectivity index (χ2v) is 9.70. The van der Waals surface area contributed by atoms with Crippen LogP contribution in [-0.2, 0) is 19.1 Å². The Kier molecular flexibility index (Phi) is 9.90. The van der Waals surface area contributed by atoms with Crippen LogP contribution in [0.15, 0.2) is 11.6 Å². The van der Waals surface area contributed by atoms with Gasteiger partial charge < -0.3 is 19.7 Å². The summed E-state index contributed by atoms with van der Waals surface area (Å²) < 4.78 is 10.4. The van der Waals surface area contributed by atoms with E-state index >= 15 is 0 Å². The number of carbonyl (C=O) groups excluding carboxylic acids is 3. The van der Waals surface area contributed by atoms with Crippen LogP contribution in [0.2, 0.25) is 0 Å². The largest absolute Gasteiger partial charge is 0.463 e. The van der Waals surface area contributed by atoms with Crippen LogP contribution in [0, 0.1) is 11.3 Å². The van der Waals surface area contributed by atoms with Gasteiger partial charge >= 0.3 is 12.1 Å². The molecular formula is C22H40N2O5. The normalized spacial score (nSPS) is 14.8. The third-order valence-corrected chi connectivity index (χ3v) is 4.27. The molecule has 0 bridgehead atoms. The second kappa shape index (κ2) is 10.6. The van der Waals surface area contributed by atoms with Crippen molar-refractivity contribution in [2.24, 2.45) is 11.3 Å². The standard InChI is InChI=1S/C22H40N2O5/c1-12-28-19(26)15(4)13-16(14(2)3)24(11)18(25)17(21(5,6)7)23-20(27)29-22(8,9)10/h13-14,16-17H,12H2,1-11H3,(H,23,27). The molecule has 0 fully saturated rings. The van der Waals surface area contributed by atoms with Crippen molar-refractivity contribution in [2.75, 3.05) is 13.7 Å². The number of amides is 2. The Morgan fingerprint density at radius 3 is 1.97 bits per heavy atom. The fraction of sp³-hybridized carbons (Fsp3) is 0.773. The van der Waals surface area contributed by atoms with Gasteiger partial charge in [-0.05, 0) is 46.0 Å². The van der Waals surface area contributed by atoms with Crippen LogP contribution in [-0.4, -0.2) is 54.2 Å². The number of nitrogens with zero attached hydrogens (tertiary/aromatic N) is 1. The Hall–Kier alpha value is -2.05. The third kappa shape index (κ3) is 9.33. The van der Waals surface area contributed by atoms with Crippen molar-refractivity contribution in [3.8, 4) is 0 Å². The zero-order valence-corrected chi connectivity index (χ0v) is 20.0. The van der Waals surface area contributed by atoms with Crippen molar-refractivity contribution < 1.29 is 23.9 Å². The first-order valence-electron chi connectivity index (χ1n) is 10.1. The molecule has 2 amide bonds. The van der Waals surface area contributed by atoms with Gasteiger partial charge in [-0.1, -0.05) is 40.7 Å². The van der Waals surface area contributed by atoms with E-state index in [2.05, 4.69) is 5.32 Å². The monoisotopic (exact) mass is 412 g/mol. The lowest BCUT2D eigenvalue weighted by Gasteiger charge is -2.37. The molecule has 0 aromatic heterocycles. The van der Waals surface area contributed by atoms with Crippen LogP contribution in [0.3, 0.4) is 0 Å². The maximum Gasteiger partial charge on any atom is 0.408 e. The van der Waals surface area contributed by atoms with Gasteiger partial charge in [0.2, 0.25) is 5.91 Å². The molecule has 0 rings (SSSR count). The van der Waals surface area contributed by atoms with E-state index in [1.54, 1.807) is 52.6 Å². The van der Waals surface area contributed by atoms with E-state index in [1.165, 1.54) is 0 Å². The summed E-state index contributed by atoms with van der Waals surface area (Å²) in [6.45, 7) is 18.6. The van der Waals surface area contributed by atoms with Gasteiger partial charge in [-0.3, -0.25) is 4.79 Å². The van der Waals surface area contributed by atoms with Crippen LogP contribution in [0.25, 0.3) is 0 Å². The van der Waals surface area contributed by atoms with Gasteiger partial charge in [0.25, 0.3) is 0 Å². The van der Waals surface area contributed by atoms with E-state index in [4.69, 9.17) is 9.47 Å². The first-order chi connectivity index (χ1) is 13.0. The lowest BCUT2D eigenvalue weighted by Crippen LogP contribution is -2.56. The number of alkyl carbamates (subject to hydrolysis) is 1. The van der Waals surface area contributed by atoms with Crippen LogP contribution >= 0.6 is 0 Å². The zero-order valence-electron chi connectivity index (χ0n) is 20.0. The summed E-state index contributed by atoms with van der Waals surface area (Å²) in [5.74, 6) is -0.608. The van der Waals surface area contributed by atoms with Crippen LogP contribution < -0.4 is 5.32 Å². The highest BCUT2D eigenvalue weighted by molar-refractivity contribution is 5.89. The Bertz CT molecular complexity index is 612. The Balaban J connectivity index is 5.71. The highest BCUT2D eigenvalue weighted by Gasteiger charge is 2.38. The minimum absolute atomic E-state index is 0.0514. The van der Waals surface area contributed by atoms with Crippen molar-refractivity contribution in [1.82, 2.24) is 10.2 Å². The molecular weight excluding hydrogens is 372 g/mol. The molecule has 1 N–H and O–H groups in total. The topological polar surface area (TPSA) is 84.9 Å². The molecule has 0 aromatic rings. The first kappa shape index (κ1) is 27.0. The van der Waals surface area contributed by atoms with Gasteiger partial charge in [-0.2, -0.15) is 0 Å². The quantitative estimate of drug-likeness (QED) is 0.506. The van der Waals surface area contributed by atoms with E-state index in [0.29, 0.717) is 5.57 Å². The summed E-state index contributed by atoms with van der Waals surface area (Å²) in [5, 5.41) is 2.72. The first-order valence-corrected chi connectivity index (χ1v) is 10.1. The van der Waals surface area contributed by atoms with Gasteiger partial charge in [0.15, 0.2) is 0 Å². The minimum Gasteiger partial charge on any atom is -0.463 e. The maximum atomic E-state index is 13.3. The molecule has 0 saturated carbocycles. The van der Waals surface area contributed by atoms with Gasteiger partial charge in [0.1, 0.15) is 11.6 Å². The molecule has 0 saturated heterocycles. The predicted molar refractivity (Wildman–Crippen MR) is 114 cm³/mol. The summed E-state index contributed by atoms with van der Waals surface area (Å²) in [7, 11) is 1.68. The smallest absolute Gasteiger partial charge is 0.408 e. The Morgan fingerprint density at radius 1 is 1.07 bits per heavy atom. The zero-order chi connectivity index (χ0) is 23.2.